The molecule has 1 rings (SSSR count). The molecule has 0 aliphatic carbocycles. The predicted octanol–water partition coefficient (Wildman–Crippen LogP) is 2.75. The van der Waals surface area contributed by atoms with Gasteiger partial charge in [0.25, 0.3) is 0 Å². The van der Waals surface area contributed by atoms with Crippen LogP contribution in [-0.4, -0.2) is 30.2 Å². The van der Waals surface area contributed by atoms with E-state index in [4.69, 9.17) is 5.11 Å². The Hall–Kier alpha value is -1.39. The zero-order chi connectivity index (χ0) is 15.8. The molecule has 0 aliphatic heterocycles. The highest BCUT2D eigenvalue weighted by atomic mass is 16.3. The lowest BCUT2D eigenvalue weighted by Gasteiger charge is -2.18. The first-order valence-corrected chi connectivity index (χ1v) is 7.67. The first kappa shape index (κ1) is 17.7. The van der Waals surface area contributed by atoms with Gasteiger partial charge in [0.1, 0.15) is 0 Å². The van der Waals surface area contributed by atoms with E-state index in [-0.39, 0.29) is 24.5 Å². The van der Waals surface area contributed by atoms with Gasteiger partial charge in [-0.1, -0.05) is 39.0 Å². The number of para-hydroxylation sites is 1. The molecule has 0 saturated heterocycles. The van der Waals surface area contributed by atoms with Crippen LogP contribution < -0.4 is 10.6 Å². The second-order valence-electron chi connectivity index (χ2n) is 6.09. The normalized spacial score (nSPS) is 14.0. The number of aliphatic hydroxyl groups is 1. The van der Waals surface area contributed by atoms with Crippen LogP contribution in [-0.2, 0) is 4.79 Å². The third-order valence-corrected chi connectivity index (χ3v) is 3.47. The van der Waals surface area contributed by atoms with Crippen LogP contribution in [0.1, 0.15) is 45.6 Å². The minimum absolute atomic E-state index is 0.0137. The number of hydrogen-bond donors (Lipinski definition) is 3. The molecule has 2 atom stereocenters. The fourth-order valence-electron chi connectivity index (χ4n) is 2.13. The fourth-order valence-corrected chi connectivity index (χ4v) is 2.13. The first-order chi connectivity index (χ1) is 9.93. The van der Waals surface area contributed by atoms with Gasteiger partial charge in [0.15, 0.2) is 0 Å². The summed E-state index contributed by atoms with van der Waals surface area (Å²) in [5.74, 6) is 0.597. The summed E-state index contributed by atoms with van der Waals surface area (Å²) >= 11 is 0. The first-order valence-electron chi connectivity index (χ1n) is 7.67. The van der Waals surface area contributed by atoms with Crippen molar-refractivity contribution >= 4 is 11.6 Å². The van der Waals surface area contributed by atoms with Crippen molar-refractivity contribution < 1.29 is 9.90 Å². The molecule has 1 aromatic carbocycles. The molecule has 0 bridgehead atoms. The van der Waals surface area contributed by atoms with Crippen LogP contribution in [0.4, 0.5) is 5.69 Å². The lowest BCUT2D eigenvalue weighted by atomic mass is 10.0. The summed E-state index contributed by atoms with van der Waals surface area (Å²) in [7, 11) is 0. The van der Waals surface area contributed by atoms with Crippen LogP contribution in [0.5, 0.6) is 0 Å². The van der Waals surface area contributed by atoms with Gasteiger partial charge in [-0.3, -0.25) is 4.79 Å². The zero-order valence-corrected chi connectivity index (χ0v) is 13.5. The Labute approximate surface area is 128 Å². The van der Waals surface area contributed by atoms with Gasteiger partial charge in [-0.25, -0.2) is 0 Å². The molecular weight excluding hydrogens is 264 g/mol. The molecule has 0 spiro atoms. The maximum atomic E-state index is 12.1. The van der Waals surface area contributed by atoms with E-state index in [9.17, 15) is 4.79 Å². The van der Waals surface area contributed by atoms with Crippen molar-refractivity contribution in [1.82, 2.24) is 5.32 Å². The lowest BCUT2D eigenvalue weighted by Crippen LogP contribution is -2.34. The van der Waals surface area contributed by atoms with Crippen LogP contribution in [0.15, 0.2) is 24.3 Å². The van der Waals surface area contributed by atoms with Crippen molar-refractivity contribution in [3.05, 3.63) is 29.8 Å². The average Bonchev–Trinajstić information content (AvgIpc) is 2.44. The Morgan fingerprint density at radius 3 is 2.48 bits per heavy atom. The maximum absolute atomic E-state index is 12.1. The Balaban J connectivity index is 2.50. The van der Waals surface area contributed by atoms with Gasteiger partial charge in [0.2, 0.25) is 5.91 Å². The van der Waals surface area contributed by atoms with Gasteiger partial charge in [0.05, 0.1) is 0 Å². The maximum Gasteiger partial charge on any atom is 0.225 e. The number of carbonyl (C=O) groups is 1. The molecule has 1 amide bonds. The van der Waals surface area contributed by atoms with E-state index in [2.05, 4.69) is 24.5 Å². The number of anilines is 1. The smallest absolute Gasteiger partial charge is 0.225 e. The number of rotatable bonds is 8. The van der Waals surface area contributed by atoms with Gasteiger partial charge in [-0.15, -0.1) is 0 Å². The van der Waals surface area contributed by atoms with Crippen molar-refractivity contribution in [1.29, 1.82) is 0 Å². The second-order valence-corrected chi connectivity index (χ2v) is 6.09. The highest BCUT2D eigenvalue weighted by Crippen LogP contribution is 2.23. The minimum atomic E-state index is 0.0137. The summed E-state index contributed by atoms with van der Waals surface area (Å²) in [5.41, 5.74) is 2.05. The number of aliphatic hydroxyl groups excluding tert-OH is 1. The average molecular weight is 292 g/mol. The molecule has 2 unspecified atom stereocenters. The molecule has 0 saturated carbocycles. The molecule has 4 heteroatoms. The van der Waals surface area contributed by atoms with E-state index in [0.29, 0.717) is 18.9 Å². The summed E-state index contributed by atoms with van der Waals surface area (Å²) in [6.45, 7) is 9.06. The molecule has 1 aromatic rings. The van der Waals surface area contributed by atoms with Gasteiger partial charge in [0, 0.05) is 31.3 Å². The lowest BCUT2D eigenvalue weighted by molar-refractivity contribution is -0.116. The fraction of sp³-hybridized carbons (Fsp3) is 0.588. The largest absolute Gasteiger partial charge is 0.396 e. The van der Waals surface area contributed by atoms with Crippen LogP contribution >= 0.6 is 0 Å². The quantitative estimate of drug-likeness (QED) is 0.690. The monoisotopic (exact) mass is 292 g/mol. The molecule has 3 N–H and O–H groups in total. The summed E-state index contributed by atoms with van der Waals surface area (Å²) < 4.78 is 0. The number of amides is 1. The predicted molar refractivity (Wildman–Crippen MR) is 87.5 cm³/mol. The molecule has 0 aromatic heterocycles. The summed E-state index contributed by atoms with van der Waals surface area (Å²) in [6, 6.07) is 8.01. The van der Waals surface area contributed by atoms with E-state index in [0.717, 1.165) is 11.3 Å². The highest BCUT2D eigenvalue weighted by molar-refractivity contribution is 5.91. The van der Waals surface area contributed by atoms with E-state index in [1.807, 2.05) is 38.1 Å². The summed E-state index contributed by atoms with van der Waals surface area (Å²) in [5, 5.41) is 15.3. The Morgan fingerprint density at radius 2 is 1.86 bits per heavy atom. The molecule has 4 nitrogen and oxygen atoms in total. The molecule has 21 heavy (non-hydrogen) atoms. The van der Waals surface area contributed by atoms with Gasteiger partial charge in [-0.05, 0) is 30.4 Å². The number of hydrogen-bond acceptors (Lipinski definition) is 3. The van der Waals surface area contributed by atoms with E-state index >= 15 is 0 Å². The number of carbonyl (C=O) groups excluding carboxylic acids is 1. The molecule has 0 heterocycles. The SMILES string of the molecule is CC(CO)CNC(C)CC(=O)Nc1ccccc1C(C)C. The summed E-state index contributed by atoms with van der Waals surface area (Å²) in [6.07, 6.45) is 0.421. The minimum Gasteiger partial charge on any atom is -0.396 e. The third-order valence-electron chi connectivity index (χ3n) is 3.47. The van der Waals surface area contributed by atoms with Crippen molar-refractivity contribution in [3.63, 3.8) is 0 Å². The van der Waals surface area contributed by atoms with E-state index in [1.54, 1.807) is 0 Å². The Bertz CT molecular complexity index is 446. The second kappa shape index (κ2) is 8.80. The molecule has 0 fully saturated rings. The standard InChI is InChI=1S/C17H28N2O2/c1-12(2)15-7-5-6-8-16(15)19-17(21)9-14(4)18-10-13(3)11-20/h5-8,12-14,18,20H,9-11H2,1-4H3,(H,19,21). The van der Waals surface area contributed by atoms with Crippen molar-refractivity contribution in [3.8, 4) is 0 Å². The van der Waals surface area contributed by atoms with E-state index in [1.165, 1.54) is 0 Å². The highest BCUT2D eigenvalue weighted by Gasteiger charge is 2.12. The Morgan fingerprint density at radius 1 is 1.19 bits per heavy atom. The van der Waals surface area contributed by atoms with Crippen molar-refractivity contribution in [2.45, 2.75) is 46.1 Å². The Kier molecular flexibility index (Phi) is 7.40. The molecule has 0 radical (unpaired) electrons. The van der Waals surface area contributed by atoms with Gasteiger partial charge < -0.3 is 15.7 Å². The van der Waals surface area contributed by atoms with Crippen LogP contribution in [0, 0.1) is 5.92 Å². The molecule has 0 aliphatic rings. The zero-order valence-electron chi connectivity index (χ0n) is 13.5. The van der Waals surface area contributed by atoms with Crippen molar-refractivity contribution in [2.24, 2.45) is 5.92 Å². The van der Waals surface area contributed by atoms with Crippen molar-refractivity contribution in [2.75, 3.05) is 18.5 Å². The number of nitrogens with one attached hydrogen (secondary N) is 2. The topological polar surface area (TPSA) is 61.4 Å². The van der Waals surface area contributed by atoms with Crippen LogP contribution in [0.3, 0.4) is 0 Å². The van der Waals surface area contributed by atoms with Crippen LogP contribution in [0.2, 0.25) is 0 Å². The number of benzene rings is 1. The molecular formula is C17H28N2O2. The third kappa shape index (κ3) is 6.27. The summed E-state index contributed by atoms with van der Waals surface area (Å²) in [4.78, 5) is 12.1. The van der Waals surface area contributed by atoms with Gasteiger partial charge >= 0.3 is 0 Å². The molecule has 118 valence electrons. The van der Waals surface area contributed by atoms with Crippen LogP contribution in [0.25, 0.3) is 0 Å². The van der Waals surface area contributed by atoms with E-state index < -0.39 is 0 Å². The van der Waals surface area contributed by atoms with Gasteiger partial charge in [-0.2, -0.15) is 0 Å².